The molecule has 1 aliphatic carbocycles. The predicted octanol–water partition coefficient (Wildman–Crippen LogP) is 2.19. The normalized spacial score (nSPS) is 35.4. The molecule has 1 aromatic rings. The van der Waals surface area contributed by atoms with E-state index in [2.05, 4.69) is 40.6 Å². The van der Waals surface area contributed by atoms with E-state index in [1.165, 1.54) is 12.7 Å². The lowest BCUT2D eigenvalue weighted by Crippen LogP contribution is -2.62. The van der Waals surface area contributed by atoms with Gasteiger partial charge in [-0.25, -0.2) is 4.79 Å². The molecular formula is C21H24N2O3. The zero-order valence-electron chi connectivity index (χ0n) is 15.2. The molecule has 4 atom stereocenters. The van der Waals surface area contributed by atoms with E-state index in [-0.39, 0.29) is 17.4 Å². The molecule has 136 valence electrons. The maximum absolute atomic E-state index is 12.7. The minimum atomic E-state index is -0.560. The molecule has 0 amide bonds. The molecule has 5 nitrogen and oxygen atoms in total. The lowest BCUT2D eigenvalue weighted by molar-refractivity contribution is -0.137. The standard InChI is InChI=1S/C21H24N2O3/c1-13(24)20-8-5-10-23-11-9-21(19(20)23)15-6-3-4-7-16(15)22-17(21)14(12-20)18(25)26-2/h3-8,13,19,22,24H,9-12H2,1-2H3/t13?,19?,20-,21-/m0/s1. The van der Waals surface area contributed by atoms with Crippen LogP contribution < -0.4 is 5.32 Å². The van der Waals surface area contributed by atoms with Crippen LogP contribution in [0.4, 0.5) is 5.69 Å². The van der Waals surface area contributed by atoms with Crippen LogP contribution in [0, 0.1) is 5.41 Å². The van der Waals surface area contributed by atoms with Crippen LogP contribution in [0.1, 0.15) is 25.3 Å². The summed E-state index contributed by atoms with van der Waals surface area (Å²) in [6.07, 6.45) is 5.18. The summed E-state index contributed by atoms with van der Waals surface area (Å²) in [5.74, 6) is -0.296. The van der Waals surface area contributed by atoms with Gasteiger partial charge in [0.2, 0.25) is 0 Å². The second-order valence-electron chi connectivity index (χ2n) is 8.00. The van der Waals surface area contributed by atoms with Crippen molar-refractivity contribution in [1.82, 2.24) is 4.90 Å². The van der Waals surface area contributed by atoms with E-state index in [0.717, 1.165) is 30.9 Å². The Balaban J connectivity index is 1.84. The quantitative estimate of drug-likeness (QED) is 0.631. The highest BCUT2D eigenvalue weighted by molar-refractivity contribution is 5.93. The smallest absolute Gasteiger partial charge is 0.335 e. The fraction of sp³-hybridized carbons (Fsp3) is 0.476. The summed E-state index contributed by atoms with van der Waals surface area (Å²) in [5.41, 5.74) is 3.20. The lowest BCUT2D eigenvalue weighted by Gasteiger charge is -2.55. The maximum Gasteiger partial charge on any atom is 0.335 e. The van der Waals surface area contributed by atoms with Crippen molar-refractivity contribution >= 4 is 11.7 Å². The van der Waals surface area contributed by atoms with Gasteiger partial charge in [0, 0.05) is 35.9 Å². The van der Waals surface area contributed by atoms with Gasteiger partial charge in [-0.3, -0.25) is 4.90 Å². The van der Waals surface area contributed by atoms with E-state index in [1.807, 2.05) is 13.0 Å². The van der Waals surface area contributed by atoms with Gasteiger partial charge in [-0.05, 0) is 31.4 Å². The number of nitrogens with one attached hydrogen (secondary N) is 1. The number of carbonyl (C=O) groups is 1. The number of hydrogen-bond donors (Lipinski definition) is 2. The maximum atomic E-state index is 12.7. The van der Waals surface area contributed by atoms with Crippen molar-refractivity contribution in [2.45, 2.75) is 37.3 Å². The van der Waals surface area contributed by atoms with E-state index in [4.69, 9.17) is 4.74 Å². The van der Waals surface area contributed by atoms with Crippen LogP contribution in [0.2, 0.25) is 0 Å². The first-order chi connectivity index (χ1) is 12.5. The van der Waals surface area contributed by atoms with Crippen LogP contribution in [0.15, 0.2) is 47.7 Å². The largest absolute Gasteiger partial charge is 0.466 e. The molecule has 1 aromatic carbocycles. The number of nitrogens with zero attached hydrogens (tertiary/aromatic N) is 1. The molecule has 0 radical (unpaired) electrons. The number of ether oxygens (including phenoxy) is 1. The number of aliphatic hydroxyl groups excluding tert-OH is 1. The number of anilines is 1. The first kappa shape index (κ1) is 16.1. The molecule has 2 N–H and O–H groups in total. The van der Waals surface area contributed by atoms with Crippen LogP contribution in [0.25, 0.3) is 0 Å². The third-order valence-corrected chi connectivity index (χ3v) is 7.01. The molecule has 0 aromatic heterocycles. The van der Waals surface area contributed by atoms with Crippen molar-refractivity contribution in [2.75, 3.05) is 25.5 Å². The number of methoxy groups -OCH3 is 1. The minimum Gasteiger partial charge on any atom is -0.466 e. The van der Waals surface area contributed by atoms with Gasteiger partial charge in [-0.15, -0.1) is 0 Å². The minimum absolute atomic E-state index is 0.138. The van der Waals surface area contributed by atoms with E-state index in [1.54, 1.807) is 0 Å². The average Bonchev–Trinajstić information content (AvgIpc) is 3.21. The summed E-state index contributed by atoms with van der Waals surface area (Å²) in [6, 6.07) is 8.48. The van der Waals surface area contributed by atoms with Crippen molar-refractivity contribution in [3.8, 4) is 0 Å². The monoisotopic (exact) mass is 352 g/mol. The summed E-state index contributed by atoms with van der Waals surface area (Å²) in [7, 11) is 1.43. The van der Waals surface area contributed by atoms with Gasteiger partial charge in [0.05, 0.1) is 24.2 Å². The van der Waals surface area contributed by atoms with Gasteiger partial charge in [0.25, 0.3) is 0 Å². The highest BCUT2D eigenvalue weighted by Gasteiger charge is 2.67. The van der Waals surface area contributed by atoms with Crippen molar-refractivity contribution in [3.63, 3.8) is 0 Å². The van der Waals surface area contributed by atoms with E-state index < -0.39 is 11.5 Å². The Morgan fingerprint density at radius 3 is 3.00 bits per heavy atom. The second-order valence-corrected chi connectivity index (χ2v) is 8.00. The average molecular weight is 352 g/mol. The molecule has 0 saturated carbocycles. The topological polar surface area (TPSA) is 61.8 Å². The van der Waals surface area contributed by atoms with Gasteiger partial charge in [-0.1, -0.05) is 30.4 Å². The Morgan fingerprint density at radius 1 is 1.42 bits per heavy atom. The molecule has 0 bridgehead atoms. The number of fused-ring (bicyclic) bond motifs is 1. The van der Waals surface area contributed by atoms with E-state index in [9.17, 15) is 9.90 Å². The Bertz CT molecular complexity index is 859. The molecule has 3 aliphatic heterocycles. The van der Waals surface area contributed by atoms with Gasteiger partial charge in [-0.2, -0.15) is 0 Å². The second kappa shape index (κ2) is 5.21. The van der Waals surface area contributed by atoms with Crippen LogP contribution >= 0.6 is 0 Å². The number of para-hydroxylation sites is 1. The van der Waals surface area contributed by atoms with Crippen LogP contribution in [-0.4, -0.2) is 48.3 Å². The Labute approximate surface area is 153 Å². The number of aliphatic hydroxyl groups is 1. The Hall–Kier alpha value is -2.11. The third-order valence-electron chi connectivity index (χ3n) is 7.01. The van der Waals surface area contributed by atoms with Gasteiger partial charge in [0.15, 0.2) is 0 Å². The molecule has 3 heterocycles. The SMILES string of the molecule is COC(=O)C1=C2Nc3ccccc3[C@@]23CCN2CC=C[C@@](C(C)O)(C1)C23. The molecule has 1 spiro atoms. The summed E-state index contributed by atoms with van der Waals surface area (Å²) < 4.78 is 5.15. The summed E-state index contributed by atoms with van der Waals surface area (Å²) in [6.45, 7) is 3.70. The third kappa shape index (κ3) is 1.70. The number of carbonyl (C=O) groups excluding carboxylic acids is 1. The molecule has 1 fully saturated rings. The van der Waals surface area contributed by atoms with Crippen LogP contribution in [0.5, 0.6) is 0 Å². The van der Waals surface area contributed by atoms with Gasteiger partial charge < -0.3 is 15.2 Å². The van der Waals surface area contributed by atoms with Crippen molar-refractivity contribution in [2.24, 2.45) is 5.41 Å². The lowest BCUT2D eigenvalue weighted by atomic mass is 9.54. The number of rotatable bonds is 2. The van der Waals surface area contributed by atoms with Crippen molar-refractivity contribution in [1.29, 1.82) is 0 Å². The zero-order chi connectivity index (χ0) is 18.1. The van der Waals surface area contributed by atoms with Gasteiger partial charge >= 0.3 is 5.97 Å². The molecule has 1 saturated heterocycles. The van der Waals surface area contributed by atoms with Crippen molar-refractivity contribution < 1.29 is 14.6 Å². The number of hydrogen-bond acceptors (Lipinski definition) is 5. The fourth-order valence-corrected chi connectivity index (χ4v) is 6.00. The molecule has 2 unspecified atom stereocenters. The van der Waals surface area contributed by atoms with Crippen molar-refractivity contribution in [3.05, 3.63) is 53.3 Å². The highest BCUT2D eigenvalue weighted by Crippen LogP contribution is 2.64. The first-order valence-corrected chi connectivity index (χ1v) is 9.33. The van der Waals surface area contributed by atoms with E-state index in [0.29, 0.717) is 12.0 Å². The van der Waals surface area contributed by atoms with Gasteiger partial charge in [0.1, 0.15) is 0 Å². The van der Waals surface area contributed by atoms with E-state index >= 15 is 0 Å². The zero-order valence-corrected chi connectivity index (χ0v) is 15.2. The number of benzene rings is 1. The van der Waals surface area contributed by atoms with Crippen LogP contribution in [-0.2, 0) is 14.9 Å². The molecule has 4 aliphatic rings. The highest BCUT2D eigenvalue weighted by atomic mass is 16.5. The fourth-order valence-electron chi connectivity index (χ4n) is 6.00. The molecular weight excluding hydrogens is 328 g/mol. The summed E-state index contributed by atoms with van der Waals surface area (Å²) in [5, 5.41) is 14.4. The first-order valence-electron chi connectivity index (χ1n) is 9.33. The predicted molar refractivity (Wildman–Crippen MR) is 98.6 cm³/mol. The molecule has 5 rings (SSSR count). The summed E-state index contributed by atoms with van der Waals surface area (Å²) in [4.78, 5) is 15.2. The molecule has 26 heavy (non-hydrogen) atoms. The van der Waals surface area contributed by atoms with Crippen LogP contribution in [0.3, 0.4) is 0 Å². The Kier molecular flexibility index (Phi) is 3.22. The summed E-state index contributed by atoms with van der Waals surface area (Å²) >= 11 is 0. The Morgan fingerprint density at radius 2 is 2.23 bits per heavy atom. The molecule has 5 heteroatoms. The number of esters is 1.